The van der Waals surface area contributed by atoms with Crippen molar-refractivity contribution in [1.82, 2.24) is 0 Å². The van der Waals surface area contributed by atoms with Crippen LogP contribution in [0.15, 0.2) is 45.3 Å². The normalized spacial score (nSPS) is 18.5. The Morgan fingerprint density at radius 3 is 2.37 bits per heavy atom. The third-order valence-corrected chi connectivity index (χ3v) is 5.28. The van der Waals surface area contributed by atoms with Crippen LogP contribution in [0.2, 0.25) is 0 Å². The van der Waals surface area contributed by atoms with Gasteiger partial charge in [-0.05, 0) is 36.5 Å². The molecule has 0 radical (unpaired) electrons. The van der Waals surface area contributed by atoms with Crippen molar-refractivity contribution in [2.24, 2.45) is 0 Å². The molecule has 0 saturated heterocycles. The van der Waals surface area contributed by atoms with Crippen molar-refractivity contribution in [2.45, 2.75) is 38.0 Å². The zero-order valence-corrected chi connectivity index (χ0v) is 14.5. The maximum Gasteiger partial charge on any atom is 0.235 e. The summed E-state index contributed by atoms with van der Waals surface area (Å²) in [6.07, 6.45) is 7.32. The van der Waals surface area contributed by atoms with Crippen LogP contribution in [0.5, 0.6) is 5.75 Å². The summed E-state index contributed by atoms with van der Waals surface area (Å²) in [4.78, 5) is 35.6. The van der Waals surface area contributed by atoms with Crippen molar-refractivity contribution in [2.75, 3.05) is 0 Å². The molecule has 138 valence electrons. The Morgan fingerprint density at radius 1 is 0.926 bits per heavy atom. The standard InChI is InChI=1S/C21H18O6/c22-15-10-17(24)16(23)9-14(15)21-20(26)19(25)13-7-6-12(8-18(13)27-21)11-4-2-1-3-5-11/h6-11,22,26H,1-5H2. The first-order chi connectivity index (χ1) is 13.0. The number of fused-ring (bicyclic) bond motifs is 1. The Hall–Kier alpha value is -3.15. The number of aliphatic hydroxyl groups is 1. The minimum absolute atomic E-state index is 0.181. The Balaban J connectivity index is 1.86. The lowest BCUT2D eigenvalue weighted by molar-refractivity contribution is -0.131. The summed E-state index contributed by atoms with van der Waals surface area (Å²) in [5.74, 6) is -2.89. The zero-order chi connectivity index (χ0) is 19.1. The first kappa shape index (κ1) is 17.3. The van der Waals surface area contributed by atoms with E-state index in [-0.39, 0.29) is 22.3 Å². The molecule has 2 N–H and O–H groups in total. The lowest BCUT2D eigenvalue weighted by Crippen LogP contribution is -2.15. The molecule has 2 aliphatic carbocycles. The molecular formula is C21H18O6. The quantitative estimate of drug-likeness (QED) is 0.622. The van der Waals surface area contributed by atoms with Crippen molar-refractivity contribution < 1.29 is 24.2 Å². The second-order valence-corrected chi connectivity index (χ2v) is 7.02. The number of aromatic hydroxyl groups is 1. The van der Waals surface area contributed by atoms with E-state index in [9.17, 15) is 24.6 Å². The van der Waals surface area contributed by atoms with Crippen LogP contribution in [0.1, 0.15) is 49.3 Å². The van der Waals surface area contributed by atoms with E-state index in [1.807, 2.05) is 6.07 Å². The van der Waals surface area contributed by atoms with Crippen LogP contribution < -0.4 is 5.43 Å². The molecule has 1 aromatic heterocycles. The van der Waals surface area contributed by atoms with E-state index < -0.39 is 28.5 Å². The number of aliphatic hydroxyl groups excluding tert-OH is 1. The van der Waals surface area contributed by atoms with Gasteiger partial charge in [-0.3, -0.25) is 14.4 Å². The number of rotatable bonds is 2. The average molecular weight is 366 g/mol. The largest absolute Gasteiger partial charge is 0.507 e. The van der Waals surface area contributed by atoms with Crippen LogP contribution in [0.25, 0.3) is 16.5 Å². The SMILES string of the molecule is O=C1C=C(O)C(c2oc3cc(C4CCCCC4)ccc3c(=O)c2O)=CC1=O. The van der Waals surface area contributed by atoms with E-state index in [4.69, 9.17) is 4.42 Å². The van der Waals surface area contributed by atoms with Crippen LogP contribution in [0.4, 0.5) is 0 Å². The van der Waals surface area contributed by atoms with Crippen molar-refractivity contribution >= 4 is 28.1 Å². The summed E-state index contributed by atoms with van der Waals surface area (Å²) < 4.78 is 5.72. The van der Waals surface area contributed by atoms with Crippen molar-refractivity contribution in [3.63, 3.8) is 0 Å². The van der Waals surface area contributed by atoms with E-state index >= 15 is 0 Å². The molecule has 2 aromatic rings. The van der Waals surface area contributed by atoms with Crippen LogP contribution in [-0.4, -0.2) is 21.8 Å². The van der Waals surface area contributed by atoms with Gasteiger partial charge in [0.1, 0.15) is 11.3 Å². The molecule has 0 bridgehead atoms. The average Bonchev–Trinajstić information content (AvgIpc) is 2.68. The molecule has 0 atom stereocenters. The van der Waals surface area contributed by atoms with Crippen molar-refractivity contribution in [3.8, 4) is 5.75 Å². The fourth-order valence-corrected chi connectivity index (χ4v) is 3.80. The molecule has 0 amide bonds. The fraction of sp³-hybridized carbons (Fsp3) is 0.286. The minimum atomic E-state index is -0.876. The van der Waals surface area contributed by atoms with Crippen LogP contribution >= 0.6 is 0 Å². The Labute approximate surface area is 154 Å². The molecule has 1 saturated carbocycles. The maximum absolute atomic E-state index is 12.5. The van der Waals surface area contributed by atoms with Gasteiger partial charge in [-0.25, -0.2) is 0 Å². The van der Waals surface area contributed by atoms with Gasteiger partial charge in [-0.1, -0.05) is 25.3 Å². The summed E-state index contributed by atoms with van der Waals surface area (Å²) in [6.45, 7) is 0. The highest BCUT2D eigenvalue weighted by molar-refractivity contribution is 6.48. The number of carbonyl (C=O) groups is 2. The van der Waals surface area contributed by atoms with Gasteiger partial charge in [-0.15, -0.1) is 0 Å². The molecule has 0 unspecified atom stereocenters. The lowest BCUT2D eigenvalue weighted by atomic mass is 9.84. The summed E-state index contributed by atoms with van der Waals surface area (Å²) in [7, 11) is 0. The molecule has 1 heterocycles. The van der Waals surface area contributed by atoms with Crippen LogP contribution in [-0.2, 0) is 9.59 Å². The van der Waals surface area contributed by atoms with Gasteiger partial charge < -0.3 is 14.6 Å². The van der Waals surface area contributed by atoms with Crippen LogP contribution in [0, 0.1) is 0 Å². The molecule has 1 aromatic carbocycles. The first-order valence-electron chi connectivity index (χ1n) is 8.97. The minimum Gasteiger partial charge on any atom is -0.507 e. The molecular weight excluding hydrogens is 348 g/mol. The number of allylic oxidation sites excluding steroid dienone is 3. The van der Waals surface area contributed by atoms with E-state index in [1.54, 1.807) is 12.1 Å². The highest BCUT2D eigenvalue weighted by Crippen LogP contribution is 2.36. The smallest absolute Gasteiger partial charge is 0.235 e. The Kier molecular flexibility index (Phi) is 4.18. The van der Waals surface area contributed by atoms with Gasteiger partial charge in [0.05, 0.1) is 11.0 Å². The second-order valence-electron chi connectivity index (χ2n) is 7.02. The third kappa shape index (κ3) is 2.97. The second kappa shape index (κ2) is 6.54. The predicted octanol–water partition coefficient (Wildman–Crippen LogP) is 3.52. The molecule has 4 rings (SSSR count). The number of ketones is 2. The summed E-state index contributed by atoms with van der Waals surface area (Å²) in [6, 6.07) is 5.30. The van der Waals surface area contributed by atoms with E-state index in [2.05, 4.69) is 0 Å². The van der Waals surface area contributed by atoms with E-state index in [0.29, 0.717) is 5.92 Å². The maximum atomic E-state index is 12.5. The summed E-state index contributed by atoms with van der Waals surface area (Å²) in [5, 5.41) is 20.5. The number of carbonyl (C=O) groups excluding carboxylic acids is 2. The Bertz CT molecular complexity index is 1080. The molecule has 27 heavy (non-hydrogen) atoms. The molecule has 2 aliphatic rings. The van der Waals surface area contributed by atoms with Gasteiger partial charge >= 0.3 is 0 Å². The monoisotopic (exact) mass is 366 g/mol. The first-order valence-corrected chi connectivity index (χ1v) is 8.97. The topological polar surface area (TPSA) is 105 Å². The molecule has 0 aliphatic heterocycles. The van der Waals surface area contributed by atoms with Crippen molar-refractivity contribution in [3.05, 3.63) is 57.7 Å². The zero-order valence-electron chi connectivity index (χ0n) is 14.5. The third-order valence-electron chi connectivity index (χ3n) is 5.28. The molecule has 1 fully saturated rings. The molecule has 6 heteroatoms. The lowest BCUT2D eigenvalue weighted by Gasteiger charge is -2.22. The fourth-order valence-electron chi connectivity index (χ4n) is 3.80. The summed E-state index contributed by atoms with van der Waals surface area (Å²) in [5.41, 5.74) is 0.498. The molecule has 0 spiro atoms. The highest BCUT2D eigenvalue weighted by atomic mass is 16.4. The number of benzene rings is 1. The summed E-state index contributed by atoms with van der Waals surface area (Å²) >= 11 is 0. The number of hydrogen-bond donors (Lipinski definition) is 2. The van der Waals surface area contributed by atoms with Gasteiger partial charge in [0, 0.05) is 12.2 Å². The van der Waals surface area contributed by atoms with Crippen molar-refractivity contribution in [1.29, 1.82) is 0 Å². The highest BCUT2D eigenvalue weighted by Gasteiger charge is 2.27. The predicted molar refractivity (Wildman–Crippen MR) is 98.7 cm³/mol. The van der Waals surface area contributed by atoms with Gasteiger partial charge in [-0.2, -0.15) is 0 Å². The Morgan fingerprint density at radius 2 is 1.63 bits per heavy atom. The number of hydrogen-bond acceptors (Lipinski definition) is 6. The van der Waals surface area contributed by atoms with E-state index in [0.717, 1.165) is 43.4 Å². The van der Waals surface area contributed by atoms with Gasteiger partial charge in [0.15, 0.2) is 5.76 Å². The van der Waals surface area contributed by atoms with Gasteiger partial charge in [0.25, 0.3) is 0 Å². The van der Waals surface area contributed by atoms with Crippen LogP contribution in [0.3, 0.4) is 0 Å². The molecule has 6 nitrogen and oxygen atoms in total. The van der Waals surface area contributed by atoms with Gasteiger partial charge in [0.2, 0.25) is 22.7 Å². The van der Waals surface area contributed by atoms with E-state index in [1.165, 1.54) is 6.42 Å².